The minimum absolute atomic E-state index is 0.0545. The second-order valence-electron chi connectivity index (χ2n) is 10.00. The van der Waals surface area contributed by atoms with Crippen LogP contribution in [-0.2, 0) is 25.7 Å². The average Bonchev–Trinajstić information content (AvgIpc) is 3.47. The molecule has 1 aromatic heterocycles. The Morgan fingerprint density at radius 1 is 1.10 bits per heavy atom. The lowest BCUT2D eigenvalue weighted by Gasteiger charge is -2.29. The Balaban J connectivity index is 2.08. The number of hydroxylamine groups is 2. The van der Waals surface area contributed by atoms with Crippen molar-refractivity contribution >= 4 is 24.2 Å². The number of rotatable bonds is 19. The largest absolute Gasteiger partial charge is 0.494 e. The standard InChI is InChI=1S/C30H44N4O8/c1-6-9-10-11-24(25(7-2)34(39)20-35)29(37)31-19-32-30(38)27-13-12-26(42-27)22-14-21(15-23(16-22)41-8-3)17-33(4)18-28(36)40-5/h12-16,20,24-25,39H,6-11,17-19H2,1-5H3,(H,31,37)(H,32,38)/t24-,25-/m1/s1. The molecule has 0 aliphatic rings. The number of nitrogens with zero attached hydrogens (tertiary/aromatic N) is 2. The first-order chi connectivity index (χ1) is 20.2. The van der Waals surface area contributed by atoms with E-state index in [0.29, 0.717) is 54.5 Å². The molecule has 232 valence electrons. The SMILES string of the molecule is CCCCC[C@@H](C(=O)NCNC(=O)c1ccc(-c2cc(CN(C)CC(=O)OC)cc(OCC)c2)o1)[C@@H](CC)N(O)C=O. The topological polar surface area (TPSA) is 151 Å². The summed E-state index contributed by atoms with van der Waals surface area (Å²) in [5.41, 5.74) is 1.57. The lowest BCUT2D eigenvalue weighted by atomic mass is 9.90. The van der Waals surface area contributed by atoms with Crippen LogP contribution >= 0.6 is 0 Å². The summed E-state index contributed by atoms with van der Waals surface area (Å²) in [7, 11) is 3.14. The third kappa shape index (κ3) is 10.5. The van der Waals surface area contributed by atoms with Gasteiger partial charge in [-0.3, -0.25) is 29.3 Å². The second kappa shape index (κ2) is 17.8. The Hall–Kier alpha value is -3.90. The van der Waals surface area contributed by atoms with Crippen LogP contribution in [0.4, 0.5) is 0 Å². The highest BCUT2D eigenvalue weighted by atomic mass is 16.5. The smallest absolute Gasteiger partial charge is 0.319 e. The summed E-state index contributed by atoms with van der Waals surface area (Å²) in [5.74, 6) is -0.729. The van der Waals surface area contributed by atoms with E-state index in [-0.39, 0.29) is 30.9 Å². The molecule has 42 heavy (non-hydrogen) atoms. The van der Waals surface area contributed by atoms with Crippen molar-refractivity contribution in [3.05, 3.63) is 41.7 Å². The van der Waals surface area contributed by atoms with Gasteiger partial charge in [0.15, 0.2) is 5.76 Å². The molecular weight excluding hydrogens is 544 g/mol. The molecule has 0 unspecified atom stereocenters. The second-order valence-corrected chi connectivity index (χ2v) is 10.00. The lowest BCUT2D eigenvalue weighted by molar-refractivity contribution is -0.168. The lowest BCUT2D eigenvalue weighted by Crippen LogP contribution is -2.47. The number of esters is 1. The number of likely N-dealkylation sites (N-methyl/N-ethyl adjacent to an activating group) is 1. The van der Waals surface area contributed by atoms with Crippen LogP contribution < -0.4 is 15.4 Å². The average molecular weight is 589 g/mol. The molecule has 12 heteroatoms. The Morgan fingerprint density at radius 3 is 2.50 bits per heavy atom. The van der Waals surface area contributed by atoms with E-state index in [1.165, 1.54) is 13.2 Å². The number of furan rings is 1. The maximum atomic E-state index is 13.0. The highest BCUT2D eigenvalue weighted by Gasteiger charge is 2.30. The molecule has 2 rings (SSSR count). The number of ether oxygens (including phenoxy) is 2. The fourth-order valence-electron chi connectivity index (χ4n) is 4.69. The molecule has 0 fully saturated rings. The fourth-order valence-corrected chi connectivity index (χ4v) is 4.69. The van der Waals surface area contributed by atoms with Crippen LogP contribution in [-0.4, -0.2) is 79.4 Å². The van der Waals surface area contributed by atoms with Crippen molar-refractivity contribution in [1.29, 1.82) is 0 Å². The number of methoxy groups -OCH3 is 1. The normalized spacial score (nSPS) is 12.4. The minimum Gasteiger partial charge on any atom is -0.494 e. The molecule has 0 radical (unpaired) electrons. The van der Waals surface area contributed by atoms with Gasteiger partial charge in [-0.15, -0.1) is 0 Å². The van der Waals surface area contributed by atoms with E-state index < -0.39 is 17.9 Å². The number of carbonyl (C=O) groups is 4. The van der Waals surface area contributed by atoms with Gasteiger partial charge in [0.2, 0.25) is 12.3 Å². The zero-order valence-corrected chi connectivity index (χ0v) is 25.2. The molecule has 3 N–H and O–H groups in total. The summed E-state index contributed by atoms with van der Waals surface area (Å²) in [6.45, 7) is 6.60. The van der Waals surface area contributed by atoms with Gasteiger partial charge in [0.25, 0.3) is 5.91 Å². The molecule has 1 aromatic carbocycles. The van der Waals surface area contributed by atoms with Crippen molar-refractivity contribution in [2.75, 3.05) is 34.0 Å². The molecule has 0 saturated carbocycles. The summed E-state index contributed by atoms with van der Waals surface area (Å²) in [6, 6.07) is 8.12. The van der Waals surface area contributed by atoms with E-state index in [2.05, 4.69) is 10.6 Å². The quantitative estimate of drug-likeness (QED) is 0.0559. The Bertz CT molecular complexity index is 1170. The summed E-state index contributed by atoms with van der Waals surface area (Å²) < 4.78 is 16.3. The maximum Gasteiger partial charge on any atom is 0.319 e. The van der Waals surface area contributed by atoms with Crippen LogP contribution in [0.5, 0.6) is 5.75 Å². The van der Waals surface area contributed by atoms with Gasteiger partial charge < -0.3 is 24.5 Å². The van der Waals surface area contributed by atoms with Gasteiger partial charge in [0, 0.05) is 12.1 Å². The molecule has 0 aliphatic carbocycles. The first-order valence-electron chi connectivity index (χ1n) is 14.3. The molecule has 12 nitrogen and oxygen atoms in total. The zero-order valence-electron chi connectivity index (χ0n) is 25.2. The van der Waals surface area contributed by atoms with Crippen molar-refractivity contribution in [2.24, 2.45) is 5.92 Å². The predicted molar refractivity (Wildman–Crippen MR) is 156 cm³/mol. The highest BCUT2D eigenvalue weighted by Crippen LogP contribution is 2.29. The maximum absolute atomic E-state index is 13.0. The van der Waals surface area contributed by atoms with Crippen molar-refractivity contribution in [3.8, 4) is 17.1 Å². The first-order valence-corrected chi connectivity index (χ1v) is 14.3. The van der Waals surface area contributed by atoms with Gasteiger partial charge in [-0.2, -0.15) is 0 Å². The van der Waals surface area contributed by atoms with E-state index in [1.54, 1.807) is 26.1 Å². The van der Waals surface area contributed by atoms with Crippen LogP contribution in [0.3, 0.4) is 0 Å². The molecule has 1 heterocycles. The van der Waals surface area contributed by atoms with E-state index in [0.717, 1.165) is 24.8 Å². The van der Waals surface area contributed by atoms with Crippen molar-refractivity contribution < 1.29 is 38.3 Å². The molecule has 0 saturated heterocycles. The van der Waals surface area contributed by atoms with Crippen LogP contribution in [0.2, 0.25) is 0 Å². The highest BCUT2D eigenvalue weighted by molar-refractivity contribution is 5.92. The summed E-state index contributed by atoms with van der Waals surface area (Å²) >= 11 is 0. The number of nitrogens with one attached hydrogen (secondary N) is 2. The van der Waals surface area contributed by atoms with Gasteiger partial charge in [-0.05, 0) is 62.7 Å². The summed E-state index contributed by atoms with van der Waals surface area (Å²) in [5, 5.41) is 15.8. The number of hydrogen-bond acceptors (Lipinski definition) is 9. The summed E-state index contributed by atoms with van der Waals surface area (Å²) in [6.07, 6.45) is 3.86. The number of hydrogen-bond donors (Lipinski definition) is 3. The van der Waals surface area contributed by atoms with Gasteiger partial charge >= 0.3 is 5.97 Å². The molecule has 3 amide bonds. The molecule has 0 bridgehead atoms. The third-order valence-electron chi connectivity index (χ3n) is 6.77. The van der Waals surface area contributed by atoms with Gasteiger partial charge in [-0.1, -0.05) is 33.1 Å². The number of amides is 3. The van der Waals surface area contributed by atoms with E-state index >= 15 is 0 Å². The summed E-state index contributed by atoms with van der Waals surface area (Å²) in [4.78, 5) is 50.3. The van der Waals surface area contributed by atoms with Crippen molar-refractivity contribution in [3.63, 3.8) is 0 Å². The van der Waals surface area contributed by atoms with Crippen LogP contribution in [0.25, 0.3) is 11.3 Å². The van der Waals surface area contributed by atoms with E-state index in [9.17, 15) is 24.4 Å². The Morgan fingerprint density at radius 2 is 1.86 bits per heavy atom. The molecule has 0 aliphatic heterocycles. The predicted octanol–water partition coefficient (Wildman–Crippen LogP) is 3.58. The van der Waals surface area contributed by atoms with Gasteiger partial charge in [0.05, 0.1) is 38.9 Å². The molecule has 2 aromatic rings. The van der Waals surface area contributed by atoms with E-state index in [4.69, 9.17) is 13.9 Å². The van der Waals surface area contributed by atoms with Crippen molar-refractivity contribution in [2.45, 2.75) is 65.5 Å². The first kappa shape index (κ1) is 34.3. The van der Waals surface area contributed by atoms with Crippen molar-refractivity contribution in [1.82, 2.24) is 20.6 Å². The Kier molecular flexibility index (Phi) is 14.5. The molecular formula is C30H44N4O8. The zero-order chi connectivity index (χ0) is 31.1. The fraction of sp³-hybridized carbons (Fsp3) is 0.533. The van der Waals surface area contributed by atoms with Gasteiger partial charge in [-0.25, -0.2) is 5.06 Å². The van der Waals surface area contributed by atoms with Crippen LogP contribution in [0.1, 0.15) is 69.0 Å². The monoisotopic (exact) mass is 588 g/mol. The minimum atomic E-state index is -0.666. The van der Waals surface area contributed by atoms with Crippen LogP contribution in [0.15, 0.2) is 34.7 Å². The number of benzene rings is 1. The molecule has 2 atom stereocenters. The number of unbranched alkanes of at least 4 members (excludes halogenated alkanes) is 2. The third-order valence-corrected chi connectivity index (χ3v) is 6.77. The van der Waals surface area contributed by atoms with E-state index in [1.807, 2.05) is 30.9 Å². The Labute approximate surface area is 247 Å². The van der Waals surface area contributed by atoms with Gasteiger partial charge in [0.1, 0.15) is 11.5 Å². The molecule has 0 spiro atoms. The van der Waals surface area contributed by atoms with Crippen LogP contribution in [0, 0.1) is 5.92 Å². The number of carbonyl (C=O) groups excluding carboxylic acids is 4.